The Morgan fingerprint density at radius 1 is 0.955 bits per heavy atom. The van der Waals surface area contributed by atoms with Crippen molar-refractivity contribution in [3.05, 3.63) is 35.3 Å². The van der Waals surface area contributed by atoms with Crippen LogP contribution in [0.5, 0.6) is 5.75 Å². The molecule has 0 radical (unpaired) electrons. The molecule has 0 aliphatic carbocycles. The van der Waals surface area contributed by atoms with Gasteiger partial charge >= 0.3 is 0 Å². The van der Waals surface area contributed by atoms with E-state index < -0.39 is 0 Å². The molecule has 2 nitrogen and oxygen atoms in total. The van der Waals surface area contributed by atoms with Gasteiger partial charge in [-0.3, -0.25) is 0 Å². The molecule has 0 amide bonds. The van der Waals surface area contributed by atoms with Crippen molar-refractivity contribution in [2.45, 2.75) is 58.8 Å². The van der Waals surface area contributed by atoms with Crippen molar-refractivity contribution >= 4 is 11.3 Å². The lowest BCUT2D eigenvalue weighted by molar-refractivity contribution is 0.340. The predicted molar refractivity (Wildman–Crippen MR) is 95.8 cm³/mol. The molecule has 120 valence electrons. The van der Waals surface area contributed by atoms with Crippen LogP contribution in [0, 0.1) is 0 Å². The lowest BCUT2D eigenvalue weighted by Crippen LogP contribution is -1.90. The fourth-order valence-electron chi connectivity index (χ4n) is 2.50. The smallest absolute Gasteiger partial charge is 0.123 e. The van der Waals surface area contributed by atoms with E-state index in [1.807, 2.05) is 36.6 Å². The standard InChI is InChI=1S/C19H27NOS/c1-3-5-6-7-8-9-10-18-15-20-19(22-18)16-11-13-17(14-12-16)21-4-2/h11-15H,3-10H2,1-2H3. The number of rotatable bonds is 10. The summed E-state index contributed by atoms with van der Waals surface area (Å²) in [6.07, 6.45) is 11.3. The summed E-state index contributed by atoms with van der Waals surface area (Å²) in [5.41, 5.74) is 1.18. The van der Waals surface area contributed by atoms with Gasteiger partial charge in [-0.05, 0) is 44.0 Å². The van der Waals surface area contributed by atoms with Gasteiger partial charge in [0.2, 0.25) is 0 Å². The molecule has 1 aromatic carbocycles. The van der Waals surface area contributed by atoms with Crippen molar-refractivity contribution in [2.75, 3.05) is 6.61 Å². The largest absolute Gasteiger partial charge is 0.494 e. The second-order valence-electron chi connectivity index (χ2n) is 5.61. The van der Waals surface area contributed by atoms with E-state index in [-0.39, 0.29) is 0 Å². The van der Waals surface area contributed by atoms with Crippen molar-refractivity contribution in [1.29, 1.82) is 0 Å². The summed E-state index contributed by atoms with van der Waals surface area (Å²) >= 11 is 1.82. The van der Waals surface area contributed by atoms with E-state index >= 15 is 0 Å². The molecule has 0 spiro atoms. The Bertz CT molecular complexity index is 533. The molecule has 1 aromatic heterocycles. The third-order valence-electron chi connectivity index (χ3n) is 3.74. The van der Waals surface area contributed by atoms with Crippen LogP contribution in [0.4, 0.5) is 0 Å². The zero-order valence-electron chi connectivity index (χ0n) is 13.8. The van der Waals surface area contributed by atoms with E-state index in [0.717, 1.165) is 10.8 Å². The van der Waals surface area contributed by atoms with Gasteiger partial charge < -0.3 is 4.74 Å². The summed E-state index contributed by atoms with van der Waals surface area (Å²) in [6, 6.07) is 8.23. The third-order valence-corrected chi connectivity index (χ3v) is 4.85. The van der Waals surface area contributed by atoms with Gasteiger partial charge in [0.15, 0.2) is 0 Å². The minimum absolute atomic E-state index is 0.707. The fourth-order valence-corrected chi connectivity index (χ4v) is 3.46. The maximum absolute atomic E-state index is 5.48. The van der Waals surface area contributed by atoms with Crippen LogP contribution in [0.25, 0.3) is 10.6 Å². The molecule has 0 aliphatic rings. The Balaban J connectivity index is 1.80. The Morgan fingerprint density at radius 2 is 1.68 bits per heavy atom. The molecular weight excluding hydrogens is 290 g/mol. The highest BCUT2D eigenvalue weighted by molar-refractivity contribution is 7.15. The normalized spacial score (nSPS) is 10.8. The number of ether oxygens (including phenoxy) is 1. The van der Waals surface area contributed by atoms with Gasteiger partial charge in [-0.2, -0.15) is 0 Å². The van der Waals surface area contributed by atoms with Crippen LogP contribution >= 0.6 is 11.3 Å². The number of hydrogen-bond donors (Lipinski definition) is 0. The molecular formula is C19H27NOS. The predicted octanol–water partition coefficient (Wildman–Crippen LogP) is 6.11. The molecule has 0 atom stereocenters. The number of benzene rings is 1. The highest BCUT2D eigenvalue weighted by Gasteiger charge is 2.05. The molecule has 1 heterocycles. The van der Waals surface area contributed by atoms with Crippen molar-refractivity contribution in [1.82, 2.24) is 4.98 Å². The van der Waals surface area contributed by atoms with Crippen LogP contribution in [0.1, 0.15) is 57.2 Å². The molecule has 22 heavy (non-hydrogen) atoms. The maximum Gasteiger partial charge on any atom is 0.123 e. The van der Waals surface area contributed by atoms with Gasteiger partial charge in [-0.15, -0.1) is 11.3 Å². The van der Waals surface area contributed by atoms with Gasteiger partial charge in [-0.25, -0.2) is 4.98 Å². The van der Waals surface area contributed by atoms with E-state index in [1.54, 1.807) is 0 Å². The van der Waals surface area contributed by atoms with Gasteiger partial charge in [0, 0.05) is 16.6 Å². The molecule has 0 N–H and O–H groups in total. The Hall–Kier alpha value is -1.35. The summed E-state index contributed by atoms with van der Waals surface area (Å²) in [6.45, 7) is 4.97. The number of aryl methyl sites for hydroxylation is 1. The van der Waals surface area contributed by atoms with E-state index in [2.05, 4.69) is 24.0 Å². The van der Waals surface area contributed by atoms with Crippen LogP contribution in [0.3, 0.4) is 0 Å². The number of unbranched alkanes of at least 4 members (excludes halogenated alkanes) is 5. The first-order valence-corrected chi connectivity index (χ1v) is 9.33. The average molecular weight is 317 g/mol. The van der Waals surface area contributed by atoms with Crippen molar-refractivity contribution in [3.63, 3.8) is 0 Å². The molecule has 0 unspecified atom stereocenters. The van der Waals surface area contributed by atoms with E-state index in [0.29, 0.717) is 6.61 Å². The first-order valence-electron chi connectivity index (χ1n) is 8.51. The van der Waals surface area contributed by atoms with Crippen LogP contribution in [-0.2, 0) is 6.42 Å². The van der Waals surface area contributed by atoms with Crippen molar-refractivity contribution in [3.8, 4) is 16.3 Å². The first-order chi connectivity index (χ1) is 10.8. The van der Waals surface area contributed by atoms with Crippen LogP contribution < -0.4 is 4.74 Å². The van der Waals surface area contributed by atoms with E-state index in [1.165, 1.54) is 55.4 Å². The van der Waals surface area contributed by atoms with Crippen LogP contribution in [0.15, 0.2) is 30.5 Å². The summed E-state index contributed by atoms with van der Waals surface area (Å²) < 4.78 is 5.48. The van der Waals surface area contributed by atoms with Gasteiger partial charge in [0.05, 0.1) is 6.61 Å². The van der Waals surface area contributed by atoms with Crippen molar-refractivity contribution in [2.24, 2.45) is 0 Å². The molecule has 0 saturated carbocycles. The molecule has 0 saturated heterocycles. The molecule has 2 rings (SSSR count). The summed E-state index contributed by atoms with van der Waals surface area (Å²) in [5.74, 6) is 0.926. The minimum Gasteiger partial charge on any atom is -0.494 e. The van der Waals surface area contributed by atoms with Crippen LogP contribution in [-0.4, -0.2) is 11.6 Å². The molecule has 0 fully saturated rings. The Labute approximate surface area is 138 Å². The second kappa shape index (κ2) is 9.62. The third kappa shape index (κ3) is 5.45. The summed E-state index contributed by atoms with van der Waals surface area (Å²) in [4.78, 5) is 5.97. The minimum atomic E-state index is 0.707. The van der Waals surface area contributed by atoms with E-state index in [9.17, 15) is 0 Å². The fraction of sp³-hybridized carbons (Fsp3) is 0.526. The van der Waals surface area contributed by atoms with Crippen molar-refractivity contribution < 1.29 is 4.74 Å². The number of hydrogen-bond acceptors (Lipinski definition) is 3. The van der Waals surface area contributed by atoms with Crippen LogP contribution in [0.2, 0.25) is 0 Å². The number of nitrogens with zero attached hydrogens (tertiary/aromatic N) is 1. The topological polar surface area (TPSA) is 22.1 Å². The first kappa shape index (κ1) is 17.0. The Kier molecular flexibility index (Phi) is 7.44. The highest BCUT2D eigenvalue weighted by Crippen LogP contribution is 2.27. The lowest BCUT2D eigenvalue weighted by atomic mass is 10.1. The van der Waals surface area contributed by atoms with Gasteiger partial charge in [0.25, 0.3) is 0 Å². The Morgan fingerprint density at radius 3 is 2.41 bits per heavy atom. The molecule has 2 aromatic rings. The molecule has 0 bridgehead atoms. The monoisotopic (exact) mass is 317 g/mol. The second-order valence-corrected chi connectivity index (χ2v) is 6.72. The highest BCUT2D eigenvalue weighted by atomic mass is 32.1. The maximum atomic E-state index is 5.48. The number of thiazole rings is 1. The van der Waals surface area contributed by atoms with Gasteiger partial charge in [0.1, 0.15) is 10.8 Å². The zero-order chi connectivity index (χ0) is 15.6. The molecule has 3 heteroatoms. The average Bonchev–Trinajstić information content (AvgIpc) is 3.01. The SMILES string of the molecule is CCCCCCCCc1cnc(-c2ccc(OCC)cc2)s1. The summed E-state index contributed by atoms with van der Waals surface area (Å²) in [5, 5.41) is 1.11. The van der Waals surface area contributed by atoms with E-state index in [4.69, 9.17) is 4.74 Å². The zero-order valence-corrected chi connectivity index (χ0v) is 14.6. The lowest BCUT2D eigenvalue weighted by Gasteiger charge is -2.02. The summed E-state index contributed by atoms with van der Waals surface area (Å²) in [7, 11) is 0. The number of aromatic nitrogens is 1. The quantitative estimate of drug-likeness (QED) is 0.493. The van der Waals surface area contributed by atoms with Gasteiger partial charge in [-0.1, -0.05) is 39.0 Å². The molecule has 0 aliphatic heterocycles.